The smallest absolute Gasteiger partial charge is 0.370 e. The Hall–Kier alpha value is -1.72. The zero-order chi connectivity index (χ0) is 14.3. The summed E-state index contributed by atoms with van der Waals surface area (Å²) in [6.07, 6.45) is -2.01. The molecule has 0 spiro atoms. The second-order valence-corrected chi connectivity index (χ2v) is 5.30. The normalized spacial score (nSPS) is 17.9. The van der Waals surface area contributed by atoms with Gasteiger partial charge in [-0.1, -0.05) is 6.07 Å². The quantitative estimate of drug-likeness (QED) is 0.800. The minimum absolute atomic E-state index is 0.159. The number of piperidine rings is 1. The van der Waals surface area contributed by atoms with Gasteiger partial charge in [0.05, 0.1) is 23.4 Å². The fourth-order valence-corrected chi connectivity index (χ4v) is 2.85. The van der Waals surface area contributed by atoms with Gasteiger partial charge in [0.15, 0.2) is 0 Å². The number of rotatable bonds is 1. The fourth-order valence-electron chi connectivity index (χ4n) is 2.85. The summed E-state index contributed by atoms with van der Waals surface area (Å²) in [6.45, 7) is 0.861. The molecule has 0 aliphatic carbocycles. The summed E-state index contributed by atoms with van der Waals surface area (Å²) in [6, 6.07) is 5.83. The Kier molecular flexibility index (Phi) is 3.11. The molecule has 1 saturated heterocycles. The first-order valence-corrected chi connectivity index (χ1v) is 6.68. The third kappa shape index (κ3) is 2.23. The Bertz CT molecular complexity index is 610. The molecule has 3 rings (SSSR count). The first kappa shape index (κ1) is 13.3. The van der Waals surface area contributed by atoms with E-state index in [2.05, 4.69) is 4.98 Å². The van der Waals surface area contributed by atoms with Crippen LogP contribution in [0.3, 0.4) is 0 Å². The molecular formula is C14H16F3N3. The van der Waals surface area contributed by atoms with Crippen LogP contribution in [0.15, 0.2) is 24.5 Å². The Labute approximate surface area is 115 Å². The summed E-state index contributed by atoms with van der Waals surface area (Å²) in [5.41, 5.74) is 2.80. The number of aromatic nitrogens is 2. The molecule has 20 heavy (non-hydrogen) atoms. The molecule has 0 atom stereocenters. The van der Waals surface area contributed by atoms with E-state index in [0.717, 1.165) is 16.7 Å². The zero-order valence-electron chi connectivity index (χ0n) is 11.2. The number of anilines is 1. The lowest BCUT2D eigenvalue weighted by Crippen LogP contribution is -2.39. The SMILES string of the molecule is Cn1cnc2c(N3CCC(C(F)(F)F)CC3)cccc21. The van der Waals surface area contributed by atoms with Crippen LogP contribution >= 0.6 is 0 Å². The van der Waals surface area contributed by atoms with Crippen LogP contribution in [0.2, 0.25) is 0 Å². The van der Waals surface area contributed by atoms with E-state index in [4.69, 9.17) is 0 Å². The number of benzene rings is 1. The summed E-state index contributed by atoms with van der Waals surface area (Å²) in [7, 11) is 1.91. The largest absolute Gasteiger partial charge is 0.391 e. The number of alkyl halides is 3. The molecule has 2 aromatic rings. The van der Waals surface area contributed by atoms with Crippen molar-refractivity contribution >= 4 is 16.7 Å². The molecule has 1 fully saturated rings. The van der Waals surface area contributed by atoms with Gasteiger partial charge in [0, 0.05) is 20.1 Å². The molecule has 108 valence electrons. The summed E-state index contributed by atoms with van der Waals surface area (Å²) >= 11 is 0. The molecule has 2 heterocycles. The first-order valence-electron chi connectivity index (χ1n) is 6.68. The molecule has 1 aliphatic heterocycles. The highest BCUT2D eigenvalue weighted by Gasteiger charge is 2.41. The third-order valence-electron chi connectivity index (χ3n) is 4.03. The number of aryl methyl sites for hydroxylation is 1. The van der Waals surface area contributed by atoms with E-state index < -0.39 is 12.1 Å². The average Bonchev–Trinajstić information content (AvgIpc) is 2.80. The van der Waals surface area contributed by atoms with Gasteiger partial charge >= 0.3 is 6.18 Å². The van der Waals surface area contributed by atoms with Crippen molar-refractivity contribution in [1.82, 2.24) is 9.55 Å². The van der Waals surface area contributed by atoms with E-state index in [0.29, 0.717) is 13.1 Å². The lowest BCUT2D eigenvalue weighted by Gasteiger charge is -2.34. The summed E-state index contributed by atoms with van der Waals surface area (Å²) in [5, 5.41) is 0. The number of halogens is 3. The van der Waals surface area contributed by atoms with Gasteiger partial charge in [-0.05, 0) is 25.0 Å². The van der Waals surface area contributed by atoms with Gasteiger partial charge in [-0.25, -0.2) is 4.98 Å². The molecule has 6 heteroatoms. The molecule has 1 aliphatic rings. The molecule has 0 bridgehead atoms. The number of para-hydroxylation sites is 1. The van der Waals surface area contributed by atoms with Crippen molar-refractivity contribution in [2.24, 2.45) is 13.0 Å². The molecule has 0 saturated carbocycles. The predicted octanol–water partition coefficient (Wildman–Crippen LogP) is 3.35. The first-order chi connectivity index (χ1) is 9.47. The Morgan fingerprint density at radius 1 is 1.20 bits per heavy atom. The number of fused-ring (bicyclic) bond motifs is 1. The van der Waals surface area contributed by atoms with Gasteiger partial charge in [-0.15, -0.1) is 0 Å². The maximum atomic E-state index is 12.7. The van der Waals surface area contributed by atoms with Crippen molar-refractivity contribution in [3.63, 3.8) is 0 Å². The fraction of sp³-hybridized carbons (Fsp3) is 0.500. The molecule has 0 N–H and O–H groups in total. The van der Waals surface area contributed by atoms with Gasteiger partial charge in [0.2, 0.25) is 0 Å². The second-order valence-electron chi connectivity index (χ2n) is 5.30. The molecule has 0 unspecified atom stereocenters. The van der Waals surface area contributed by atoms with Crippen molar-refractivity contribution in [2.75, 3.05) is 18.0 Å². The highest BCUT2D eigenvalue weighted by Crippen LogP contribution is 2.36. The van der Waals surface area contributed by atoms with Gasteiger partial charge in [-0.3, -0.25) is 0 Å². The average molecular weight is 283 g/mol. The predicted molar refractivity (Wildman–Crippen MR) is 71.7 cm³/mol. The Morgan fingerprint density at radius 2 is 1.90 bits per heavy atom. The van der Waals surface area contributed by atoms with Crippen LogP contribution < -0.4 is 4.90 Å². The van der Waals surface area contributed by atoms with Gasteiger partial charge in [0.25, 0.3) is 0 Å². The Morgan fingerprint density at radius 3 is 2.55 bits per heavy atom. The molecule has 0 radical (unpaired) electrons. The monoisotopic (exact) mass is 283 g/mol. The number of imidazole rings is 1. The maximum Gasteiger partial charge on any atom is 0.391 e. The second kappa shape index (κ2) is 4.68. The summed E-state index contributed by atoms with van der Waals surface area (Å²) < 4.78 is 40.0. The highest BCUT2D eigenvalue weighted by molar-refractivity contribution is 5.89. The number of hydrogen-bond donors (Lipinski definition) is 0. The van der Waals surface area contributed by atoms with E-state index in [-0.39, 0.29) is 12.8 Å². The van der Waals surface area contributed by atoms with Crippen molar-refractivity contribution in [3.8, 4) is 0 Å². The topological polar surface area (TPSA) is 21.1 Å². The lowest BCUT2D eigenvalue weighted by atomic mass is 9.96. The van der Waals surface area contributed by atoms with Gasteiger partial charge < -0.3 is 9.47 Å². The van der Waals surface area contributed by atoms with Crippen LogP contribution in [0.5, 0.6) is 0 Å². The van der Waals surface area contributed by atoms with Crippen LogP contribution in [-0.4, -0.2) is 28.8 Å². The van der Waals surface area contributed by atoms with Crippen molar-refractivity contribution < 1.29 is 13.2 Å². The zero-order valence-corrected chi connectivity index (χ0v) is 11.2. The minimum Gasteiger partial charge on any atom is -0.370 e. The van der Waals surface area contributed by atoms with Crippen molar-refractivity contribution in [2.45, 2.75) is 19.0 Å². The Balaban J connectivity index is 1.84. The van der Waals surface area contributed by atoms with Crippen LogP contribution in [-0.2, 0) is 7.05 Å². The van der Waals surface area contributed by atoms with Crippen LogP contribution in [0.1, 0.15) is 12.8 Å². The van der Waals surface area contributed by atoms with Crippen molar-refractivity contribution in [1.29, 1.82) is 0 Å². The standard InChI is InChI=1S/C14H16F3N3/c1-19-9-18-13-11(19)3-2-4-12(13)20-7-5-10(6-8-20)14(15,16)17/h2-4,9-10H,5-8H2,1H3. The number of hydrogen-bond acceptors (Lipinski definition) is 2. The summed E-state index contributed by atoms with van der Waals surface area (Å²) in [4.78, 5) is 6.37. The van der Waals surface area contributed by atoms with E-state index in [1.807, 2.05) is 34.7 Å². The van der Waals surface area contributed by atoms with E-state index in [1.54, 1.807) is 6.33 Å². The van der Waals surface area contributed by atoms with Gasteiger partial charge in [-0.2, -0.15) is 13.2 Å². The van der Waals surface area contributed by atoms with Crippen LogP contribution in [0, 0.1) is 5.92 Å². The molecule has 3 nitrogen and oxygen atoms in total. The van der Waals surface area contributed by atoms with E-state index in [9.17, 15) is 13.2 Å². The molecule has 0 amide bonds. The maximum absolute atomic E-state index is 12.7. The highest BCUT2D eigenvalue weighted by atomic mass is 19.4. The summed E-state index contributed by atoms with van der Waals surface area (Å²) in [5.74, 6) is -1.17. The van der Waals surface area contributed by atoms with E-state index >= 15 is 0 Å². The molecule has 1 aromatic heterocycles. The molecule has 1 aromatic carbocycles. The minimum atomic E-state index is -4.07. The van der Waals surface area contributed by atoms with E-state index in [1.165, 1.54) is 0 Å². The van der Waals surface area contributed by atoms with Crippen LogP contribution in [0.4, 0.5) is 18.9 Å². The number of nitrogens with zero attached hydrogens (tertiary/aromatic N) is 3. The third-order valence-corrected chi connectivity index (χ3v) is 4.03. The lowest BCUT2D eigenvalue weighted by molar-refractivity contribution is -0.179. The molecular weight excluding hydrogens is 267 g/mol. The van der Waals surface area contributed by atoms with Crippen molar-refractivity contribution in [3.05, 3.63) is 24.5 Å². The van der Waals surface area contributed by atoms with Crippen LogP contribution in [0.25, 0.3) is 11.0 Å². The van der Waals surface area contributed by atoms with Gasteiger partial charge in [0.1, 0.15) is 5.52 Å².